The van der Waals surface area contributed by atoms with Crippen molar-refractivity contribution in [2.45, 2.75) is 19.8 Å². The lowest BCUT2D eigenvalue weighted by Gasteiger charge is -2.32. The highest BCUT2D eigenvalue weighted by Gasteiger charge is 2.13. The molecule has 0 bridgehead atoms. The average Bonchev–Trinajstić information content (AvgIpc) is 2.98. The zero-order chi connectivity index (χ0) is 15.4. The molecule has 2 aromatic heterocycles. The van der Waals surface area contributed by atoms with Crippen molar-refractivity contribution >= 4 is 0 Å². The third-order valence-corrected chi connectivity index (χ3v) is 4.48. The molecule has 1 aliphatic rings. The van der Waals surface area contributed by atoms with Crippen LogP contribution in [0.2, 0.25) is 0 Å². The maximum atomic E-state index is 4.53. The van der Waals surface area contributed by atoms with Crippen LogP contribution in [-0.4, -0.2) is 59.1 Å². The molecule has 1 aliphatic heterocycles. The van der Waals surface area contributed by atoms with Crippen LogP contribution in [0.4, 0.5) is 0 Å². The van der Waals surface area contributed by atoms with Gasteiger partial charge in [-0.25, -0.2) is 4.98 Å². The van der Waals surface area contributed by atoms with Gasteiger partial charge in [0.25, 0.3) is 0 Å². The first-order valence-corrected chi connectivity index (χ1v) is 8.22. The lowest BCUT2D eigenvalue weighted by Crippen LogP contribution is -2.44. The molecule has 0 unspecified atom stereocenters. The number of piperazine rings is 1. The second-order valence-electron chi connectivity index (χ2n) is 6.31. The summed E-state index contributed by atoms with van der Waals surface area (Å²) in [5, 5.41) is 0. The standard InChI is InChI=1S/C18H26N4/c1-16-7-8-18(19-15-16)22-10-4-6-17(22)5-3-9-21-13-11-20(2)12-14-21/h4,6-8,10,15H,3,5,9,11-14H2,1-2H3. The summed E-state index contributed by atoms with van der Waals surface area (Å²) in [5.74, 6) is 1.02. The van der Waals surface area contributed by atoms with Gasteiger partial charge in [-0.15, -0.1) is 0 Å². The molecule has 2 aromatic rings. The number of nitrogens with zero attached hydrogens (tertiary/aromatic N) is 4. The van der Waals surface area contributed by atoms with Crippen LogP contribution >= 0.6 is 0 Å². The van der Waals surface area contributed by atoms with Gasteiger partial charge in [0.15, 0.2) is 0 Å². The Kier molecular flexibility index (Phi) is 4.90. The average molecular weight is 298 g/mol. The van der Waals surface area contributed by atoms with E-state index in [0.717, 1.165) is 12.2 Å². The molecular formula is C18H26N4. The molecule has 0 radical (unpaired) electrons. The number of pyridine rings is 1. The summed E-state index contributed by atoms with van der Waals surface area (Å²) in [5.41, 5.74) is 2.55. The fraction of sp³-hybridized carbons (Fsp3) is 0.500. The van der Waals surface area contributed by atoms with E-state index in [4.69, 9.17) is 0 Å². The smallest absolute Gasteiger partial charge is 0.136 e. The molecule has 0 N–H and O–H groups in total. The molecule has 0 saturated carbocycles. The topological polar surface area (TPSA) is 24.3 Å². The molecule has 1 fully saturated rings. The minimum absolute atomic E-state index is 1.02. The highest BCUT2D eigenvalue weighted by Crippen LogP contribution is 2.13. The molecule has 118 valence electrons. The highest BCUT2D eigenvalue weighted by molar-refractivity contribution is 5.29. The Hall–Kier alpha value is -1.65. The second kappa shape index (κ2) is 7.07. The Morgan fingerprint density at radius 3 is 2.64 bits per heavy atom. The number of rotatable bonds is 5. The van der Waals surface area contributed by atoms with E-state index in [2.05, 4.69) is 63.8 Å². The predicted molar refractivity (Wildman–Crippen MR) is 90.6 cm³/mol. The number of likely N-dealkylation sites (N-methyl/N-ethyl adjacent to an activating group) is 1. The number of hydrogen-bond donors (Lipinski definition) is 0. The van der Waals surface area contributed by atoms with Gasteiger partial charge in [0.2, 0.25) is 0 Å². The summed E-state index contributed by atoms with van der Waals surface area (Å²) < 4.78 is 2.21. The summed E-state index contributed by atoms with van der Waals surface area (Å²) in [6.07, 6.45) is 6.36. The minimum atomic E-state index is 1.02. The fourth-order valence-electron chi connectivity index (χ4n) is 3.00. The zero-order valence-electron chi connectivity index (χ0n) is 13.7. The molecule has 3 heterocycles. The van der Waals surface area contributed by atoms with Crippen LogP contribution in [0, 0.1) is 6.92 Å². The van der Waals surface area contributed by atoms with Crippen LogP contribution in [0.15, 0.2) is 36.7 Å². The third kappa shape index (κ3) is 3.76. The molecule has 4 heteroatoms. The SMILES string of the molecule is Cc1ccc(-n2cccc2CCCN2CCN(C)CC2)nc1. The zero-order valence-corrected chi connectivity index (χ0v) is 13.7. The number of hydrogen-bond acceptors (Lipinski definition) is 3. The first kappa shape index (κ1) is 15.3. The monoisotopic (exact) mass is 298 g/mol. The Balaban J connectivity index is 1.55. The van der Waals surface area contributed by atoms with E-state index in [0.29, 0.717) is 0 Å². The molecule has 0 amide bonds. The molecule has 0 aromatic carbocycles. The Bertz CT molecular complexity index is 579. The molecular weight excluding hydrogens is 272 g/mol. The van der Waals surface area contributed by atoms with E-state index in [-0.39, 0.29) is 0 Å². The van der Waals surface area contributed by atoms with Crippen molar-refractivity contribution in [1.29, 1.82) is 0 Å². The van der Waals surface area contributed by atoms with Crippen molar-refractivity contribution in [2.75, 3.05) is 39.8 Å². The third-order valence-electron chi connectivity index (χ3n) is 4.48. The molecule has 4 nitrogen and oxygen atoms in total. The van der Waals surface area contributed by atoms with Crippen LogP contribution < -0.4 is 0 Å². The largest absolute Gasteiger partial charge is 0.306 e. The Morgan fingerprint density at radius 1 is 1.09 bits per heavy atom. The van der Waals surface area contributed by atoms with Crippen LogP contribution in [0.3, 0.4) is 0 Å². The molecule has 22 heavy (non-hydrogen) atoms. The molecule has 0 atom stereocenters. The van der Waals surface area contributed by atoms with Gasteiger partial charge >= 0.3 is 0 Å². The van der Waals surface area contributed by atoms with E-state index in [1.807, 2.05) is 6.20 Å². The van der Waals surface area contributed by atoms with Gasteiger partial charge in [-0.05, 0) is 57.1 Å². The minimum Gasteiger partial charge on any atom is -0.306 e. The number of aryl methyl sites for hydroxylation is 2. The summed E-state index contributed by atoms with van der Waals surface area (Å²) in [7, 11) is 2.21. The molecule has 1 saturated heterocycles. The number of aromatic nitrogens is 2. The van der Waals surface area contributed by atoms with E-state index < -0.39 is 0 Å². The summed E-state index contributed by atoms with van der Waals surface area (Å²) >= 11 is 0. The van der Waals surface area contributed by atoms with E-state index in [1.54, 1.807) is 0 Å². The Morgan fingerprint density at radius 2 is 1.91 bits per heavy atom. The maximum Gasteiger partial charge on any atom is 0.136 e. The summed E-state index contributed by atoms with van der Waals surface area (Å²) in [4.78, 5) is 9.52. The van der Waals surface area contributed by atoms with Gasteiger partial charge in [-0.3, -0.25) is 0 Å². The first-order valence-electron chi connectivity index (χ1n) is 8.22. The van der Waals surface area contributed by atoms with Crippen molar-refractivity contribution in [3.8, 4) is 5.82 Å². The van der Waals surface area contributed by atoms with Crippen molar-refractivity contribution in [2.24, 2.45) is 0 Å². The van der Waals surface area contributed by atoms with Gasteiger partial charge in [0.1, 0.15) is 5.82 Å². The lowest BCUT2D eigenvalue weighted by molar-refractivity contribution is 0.153. The second-order valence-corrected chi connectivity index (χ2v) is 6.31. The first-order chi connectivity index (χ1) is 10.7. The summed E-state index contributed by atoms with van der Waals surface area (Å²) in [6, 6.07) is 8.55. The Labute approximate surface area is 133 Å². The van der Waals surface area contributed by atoms with E-state index >= 15 is 0 Å². The van der Waals surface area contributed by atoms with E-state index in [9.17, 15) is 0 Å². The van der Waals surface area contributed by atoms with Gasteiger partial charge in [-0.1, -0.05) is 6.07 Å². The fourth-order valence-corrected chi connectivity index (χ4v) is 3.00. The highest BCUT2D eigenvalue weighted by atomic mass is 15.2. The van der Waals surface area contributed by atoms with Gasteiger partial charge in [0, 0.05) is 44.3 Å². The molecule has 3 rings (SSSR count). The van der Waals surface area contributed by atoms with Crippen molar-refractivity contribution < 1.29 is 0 Å². The molecule has 0 spiro atoms. The van der Waals surface area contributed by atoms with Gasteiger partial charge in [-0.2, -0.15) is 0 Å². The van der Waals surface area contributed by atoms with Gasteiger partial charge < -0.3 is 14.4 Å². The molecule has 0 aliphatic carbocycles. The van der Waals surface area contributed by atoms with Gasteiger partial charge in [0.05, 0.1) is 0 Å². The van der Waals surface area contributed by atoms with Crippen molar-refractivity contribution in [3.63, 3.8) is 0 Å². The van der Waals surface area contributed by atoms with Crippen LogP contribution in [0.5, 0.6) is 0 Å². The lowest BCUT2D eigenvalue weighted by atomic mass is 10.2. The van der Waals surface area contributed by atoms with Crippen molar-refractivity contribution in [1.82, 2.24) is 19.4 Å². The van der Waals surface area contributed by atoms with E-state index in [1.165, 1.54) is 50.4 Å². The summed E-state index contributed by atoms with van der Waals surface area (Å²) in [6.45, 7) is 8.07. The van der Waals surface area contributed by atoms with Crippen LogP contribution in [-0.2, 0) is 6.42 Å². The van der Waals surface area contributed by atoms with Crippen molar-refractivity contribution in [3.05, 3.63) is 47.9 Å². The van der Waals surface area contributed by atoms with Crippen LogP contribution in [0.1, 0.15) is 17.7 Å². The quantitative estimate of drug-likeness (QED) is 0.847. The maximum absolute atomic E-state index is 4.53. The predicted octanol–water partition coefficient (Wildman–Crippen LogP) is 2.36. The van der Waals surface area contributed by atoms with Crippen LogP contribution in [0.25, 0.3) is 5.82 Å². The normalized spacial score (nSPS) is 17.0.